The van der Waals surface area contributed by atoms with E-state index in [-0.39, 0.29) is 0 Å². The van der Waals surface area contributed by atoms with Crippen LogP contribution in [0.1, 0.15) is 40.0 Å². The van der Waals surface area contributed by atoms with E-state index in [9.17, 15) is 0 Å². The molecule has 1 heterocycles. The van der Waals surface area contributed by atoms with Crippen LogP contribution in [0.15, 0.2) is 0 Å². The quantitative estimate of drug-likeness (QED) is 0.538. The third kappa shape index (κ3) is 1.95. The summed E-state index contributed by atoms with van der Waals surface area (Å²) in [7, 11) is 0. The van der Waals surface area contributed by atoms with Gasteiger partial charge in [0.15, 0.2) is 0 Å². The highest BCUT2D eigenvalue weighted by Gasteiger charge is 2.40. The van der Waals surface area contributed by atoms with Crippen LogP contribution in [-0.4, -0.2) is 24.3 Å². The predicted molar refractivity (Wildman–Crippen MR) is 58.9 cm³/mol. The van der Waals surface area contributed by atoms with Crippen LogP contribution in [0.2, 0.25) is 0 Å². The second kappa shape index (κ2) is 3.47. The van der Waals surface area contributed by atoms with E-state index < -0.39 is 0 Å². The Bertz CT molecular complexity index is 209. The van der Waals surface area contributed by atoms with Gasteiger partial charge in [-0.05, 0) is 24.7 Å². The molecule has 0 amide bonds. The van der Waals surface area contributed by atoms with Gasteiger partial charge in [0.05, 0.1) is 6.17 Å². The molecule has 4 atom stereocenters. The van der Waals surface area contributed by atoms with E-state index in [1.54, 1.807) is 0 Å². The molecule has 0 bridgehead atoms. The Balaban J connectivity index is 1.99. The van der Waals surface area contributed by atoms with Crippen LogP contribution >= 0.6 is 0 Å². The average Bonchev–Trinajstić information content (AvgIpc) is 2.45. The zero-order valence-corrected chi connectivity index (χ0v) is 9.51. The van der Waals surface area contributed by atoms with Gasteiger partial charge < -0.3 is 5.73 Å². The SMILES string of the molecule is CC(C)(C)C1NC2CCC(N)CC2N1. The zero-order chi connectivity index (χ0) is 10.3. The third-order valence-corrected chi connectivity index (χ3v) is 3.52. The monoisotopic (exact) mass is 197 g/mol. The number of rotatable bonds is 0. The fourth-order valence-corrected chi connectivity index (χ4v) is 2.56. The molecule has 1 saturated carbocycles. The Labute approximate surface area is 86.8 Å². The lowest BCUT2D eigenvalue weighted by molar-refractivity contribution is 0.262. The van der Waals surface area contributed by atoms with Crippen LogP contribution in [0.4, 0.5) is 0 Å². The molecular formula is C11H23N3. The van der Waals surface area contributed by atoms with Gasteiger partial charge >= 0.3 is 0 Å². The van der Waals surface area contributed by atoms with E-state index in [0.717, 1.165) is 6.42 Å². The number of hydrogen-bond acceptors (Lipinski definition) is 3. The van der Waals surface area contributed by atoms with E-state index in [2.05, 4.69) is 31.4 Å². The highest BCUT2D eigenvalue weighted by atomic mass is 15.3. The Morgan fingerprint density at radius 2 is 1.71 bits per heavy atom. The van der Waals surface area contributed by atoms with Gasteiger partial charge in [-0.25, -0.2) is 0 Å². The highest BCUT2D eigenvalue weighted by Crippen LogP contribution is 2.28. The Morgan fingerprint density at radius 3 is 2.36 bits per heavy atom. The van der Waals surface area contributed by atoms with Gasteiger partial charge in [0.1, 0.15) is 0 Å². The van der Waals surface area contributed by atoms with Gasteiger partial charge in [-0.3, -0.25) is 10.6 Å². The van der Waals surface area contributed by atoms with Gasteiger partial charge in [0, 0.05) is 18.1 Å². The van der Waals surface area contributed by atoms with E-state index in [0.29, 0.717) is 29.7 Å². The van der Waals surface area contributed by atoms with Crippen LogP contribution in [0.3, 0.4) is 0 Å². The molecular weight excluding hydrogens is 174 g/mol. The Hall–Kier alpha value is -0.120. The van der Waals surface area contributed by atoms with Crippen molar-refractivity contribution < 1.29 is 0 Å². The molecule has 1 aliphatic heterocycles. The smallest absolute Gasteiger partial charge is 0.0627 e. The first-order valence-corrected chi connectivity index (χ1v) is 5.74. The van der Waals surface area contributed by atoms with Crippen molar-refractivity contribution in [2.75, 3.05) is 0 Å². The highest BCUT2D eigenvalue weighted by molar-refractivity contribution is 5.01. The molecule has 0 aromatic heterocycles. The second-order valence-corrected chi connectivity index (χ2v) is 5.92. The summed E-state index contributed by atoms with van der Waals surface area (Å²) in [6, 6.07) is 1.66. The molecule has 1 saturated heterocycles. The minimum atomic E-state index is 0.293. The summed E-state index contributed by atoms with van der Waals surface area (Å²) in [6.07, 6.45) is 3.98. The normalized spacial score (nSPS) is 43.7. The summed E-state index contributed by atoms with van der Waals surface area (Å²) in [5.74, 6) is 0. The first-order valence-electron chi connectivity index (χ1n) is 5.74. The van der Waals surface area contributed by atoms with Gasteiger partial charge in [-0.2, -0.15) is 0 Å². The van der Waals surface area contributed by atoms with E-state index in [1.807, 2.05) is 0 Å². The summed E-state index contributed by atoms with van der Waals surface area (Å²) >= 11 is 0. The van der Waals surface area contributed by atoms with E-state index in [4.69, 9.17) is 5.73 Å². The standard InChI is InChI=1S/C11H23N3/c1-11(2,3)10-13-8-5-4-7(12)6-9(8)14-10/h7-10,13-14H,4-6,12H2,1-3H3. The predicted octanol–water partition coefficient (Wildman–Crippen LogP) is 0.800. The Morgan fingerprint density at radius 1 is 1.07 bits per heavy atom. The molecule has 0 aromatic rings. The molecule has 4 N–H and O–H groups in total. The zero-order valence-electron chi connectivity index (χ0n) is 9.51. The topological polar surface area (TPSA) is 50.1 Å². The molecule has 3 heteroatoms. The van der Waals surface area contributed by atoms with Gasteiger partial charge in [-0.15, -0.1) is 0 Å². The molecule has 82 valence electrons. The van der Waals surface area contributed by atoms with Crippen molar-refractivity contribution in [2.24, 2.45) is 11.1 Å². The maximum absolute atomic E-state index is 5.98. The number of nitrogens with one attached hydrogen (secondary N) is 2. The molecule has 14 heavy (non-hydrogen) atoms. The molecule has 0 radical (unpaired) electrons. The van der Waals surface area contributed by atoms with Crippen LogP contribution < -0.4 is 16.4 Å². The van der Waals surface area contributed by atoms with E-state index in [1.165, 1.54) is 12.8 Å². The fourth-order valence-electron chi connectivity index (χ4n) is 2.56. The number of fused-ring (bicyclic) bond motifs is 1. The first kappa shape index (κ1) is 10.4. The van der Waals surface area contributed by atoms with Crippen molar-refractivity contribution in [3.8, 4) is 0 Å². The Kier molecular flexibility index (Phi) is 2.58. The van der Waals surface area contributed by atoms with Crippen molar-refractivity contribution in [1.29, 1.82) is 0 Å². The largest absolute Gasteiger partial charge is 0.328 e. The molecule has 2 fully saturated rings. The summed E-state index contributed by atoms with van der Waals surface area (Å²) in [5, 5.41) is 7.36. The summed E-state index contributed by atoms with van der Waals surface area (Å²) in [4.78, 5) is 0. The van der Waals surface area contributed by atoms with Crippen molar-refractivity contribution >= 4 is 0 Å². The van der Waals surface area contributed by atoms with Crippen LogP contribution in [-0.2, 0) is 0 Å². The molecule has 0 spiro atoms. The van der Waals surface area contributed by atoms with Crippen molar-refractivity contribution in [3.05, 3.63) is 0 Å². The first-order chi connectivity index (χ1) is 6.47. The van der Waals surface area contributed by atoms with Gasteiger partial charge in [0.25, 0.3) is 0 Å². The van der Waals surface area contributed by atoms with Crippen LogP contribution in [0, 0.1) is 5.41 Å². The lowest BCUT2D eigenvalue weighted by atomic mass is 9.88. The molecule has 4 unspecified atom stereocenters. The fraction of sp³-hybridized carbons (Fsp3) is 1.00. The van der Waals surface area contributed by atoms with E-state index >= 15 is 0 Å². The van der Waals surface area contributed by atoms with Crippen LogP contribution in [0.25, 0.3) is 0 Å². The maximum Gasteiger partial charge on any atom is 0.0627 e. The van der Waals surface area contributed by atoms with Crippen molar-refractivity contribution in [1.82, 2.24) is 10.6 Å². The summed E-state index contributed by atoms with van der Waals surface area (Å²) in [5.41, 5.74) is 6.27. The van der Waals surface area contributed by atoms with Crippen LogP contribution in [0.5, 0.6) is 0 Å². The molecule has 2 rings (SSSR count). The third-order valence-electron chi connectivity index (χ3n) is 3.52. The molecule has 3 nitrogen and oxygen atoms in total. The van der Waals surface area contributed by atoms with Gasteiger partial charge in [-0.1, -0.05) is 20.8 Å². The second-order valence-electron chi connectivity index (χ2n) is 5.92. The van der Waals surface area contributed by atoms with Gasteiger partial charge in [0.2, 0.25) is 0 Å². The molecule has 0 aromatic carbocycles. The number of hydrogen-bond donors (Lipinski definition) is 3. The van der Waals surface area contributed by atoms with Crippen molar-refractivity contribution in [2.45, 2.75) is 64.3 Å². The summed E-state index contributed by atoms with van der Waals surface area (Å²) < 4.78 is 0. The maximum atomic E-state index is 5.98. The summed E-state index contributed by atoms with van der Waals surface area (Å²) in [6.45, 7) is 6.82. The molecule has 1 aliphatic carbocycles. The minimum Gasteiger partial charge on any atom is -0.328 e. The lowest BCUT2D eigenvalue weighted by Gasteiger charge is -2.28. The number of nitrogens with two attached hydrogens (primary N) is 1. The molecule has 2 aliphatic rings. The average molecular weight is 197 g/mol. The minimum absolute atomic E-state index is 0.293. The van der Waals surface area contributed by atoms with Crippen molar-refractivity contribution in [3.63, 3.8) is 0 Å². The lowest BCUT2D eigenvalue weighted by Crippen LogP contribution is -2.45.